The number of anilines is 2. The van der Waals surface area contributed by atoms with E-state index < -0.39 is 0 Å². The van der Waals surface area contributed by atoms with Crippen molar-refractivity contribution in [2.24, 2.45) is 0 Å². The molecular formula is C13H13N3OS. The third-order valence-electron chi connectivity index (χ3n) is 2.16. The lowest BCUT2D eigenvalue weighted by atomic mass is 10.3. The molecule has 0 bridgehead atoms. The van der Waals surface area contributed by atoms with Gasteiger partial charge in [0.2, 0.25) is 5.91 Å². The summed E-state index contributed by atoms with van der Waals surface area (Å²) >= 11 is 1.53. The summed E-state index contributed by atoms with van der Waals surface area (Å²) < 4.78 is 0. The van der Waals surface area contributed by atoms with Crippen LogP contribution in [0, 0.1) is 0 Å². The number of hydrogen-bond donors (Lipinski definition) is 2. The molecule has 0 aliphatic rings. The minimum absolute atomic E-state index is 0.0760. The zero-order valence-corrected chi connectivity index (χ0v) is 10.7. The summed E-state index contributed by atoms with van der Waals surface area (Å²) in [5.41, 5.74) is 7.17. The molecule has 0 atom stereocenters. The van der Waals surface area contributed by atoms with Crippen LogP contribution < -0.4 is 11.1 Å². The van der Waals surface area contributed by atoms with E-state index in [1.807, 2.05) is 30.3 Å². The maximum Gasteiger partial charge on any atom is 0.221 e. The molecule has 5 heteroatoms. The molecule has 1 aromatic carbocycles. The van der Waals surface area contributed by atoms with E-state index in [2.05, 4.69) is 10.3 Å². The summed E-state index contributed by atoms with van der Waals surface area (Å²) in [7, 11) is 0. The van der Waals surface area contributed by atoms with Crippen LogP contribution in [0.3, 0.4) is 0 Å². The van der Waals surface area contributed by atoms with Crippen molar-refractivity contribution in [1.29, 1.82) is 0 Å². The van der Waals surface area contributed by atoms with Crippen molar-refractivity contribution in [3.8, 4) is 0 Å². The standard InChI is InChI=1S/C13H13N3OS/c1-9(17)16-11-2-4-12(5-3-11)18-13-8-10(14)6-7-15-13/h2-8H,1H3,(H2,14,15)(H,16,17). The van der Waals surface area contributed by atoms with Gasteiger partial charge in [0.05, 0.1) is 0 Å². The fourth-order valence-electron chi connectivity index (χ4n) is 1.41. The topological polar surface area (TPSA) is 68.0 Å². The van der Waals surface area contributed by atoms with Crippen molar-refractivity contribution in [3.05, 3.63) is 42.6 Å². The third-order valence-corrected chi connectivity index (χ3v) is 3.10. The maximum absolute atomic E-state index is 10.9. The number of pyridine rings is 1. The second-order valence-electron chi connectivity index (χ2n) is 3.74. The van der Waals surface area contributed by atoms with Crippen molar-refractivity contribution in [1.82, 2.24) is 4.98 Å². The van der Waals surface area contributed by atoms with Crippen LogP contribution in [-0.4, -0.2) is 10.9 Å². The molecule has 1 amide bonds. The molecule has 0 aliphatic carbocycles. The number of rotatable bonds is 3. The first-order valence-corrected chi connectivity index (χ1v) is 6.22. The highest BCUT2D eigenvalue weighted by Gasteiger charge is 2.00. The largest absolute Gasteiger partial charge is 0.399 e. The van der Waals surface area contributed by atoms with Gasteiger partial charge in [0.25, 0.3) is 0 Å². The normalized spacial score (nSPS) is 10.1. The van der Waals surface area contributed by atoms with Gasteiger partial charge >= 0.3 is 0 Å². The van der Waals surface area contributed by atoms with Crippen LogP contribution in [0.4, 0.5) is 11.4 Å². The number of amides is 1. The average Bonchev–Trinajstić information content (AvgIpc) is 2.31. The van der Waals surface area contributed by atoms with Gasteiger partial charge in [-0.25, -0.2) is 4.98 Å². The van der Waals surface area contributed by atoms with E-state index >= 15 is 0 Å². The molecule has 0 fully saturated rings. The van der Waals surface area contributed by atoms with E-state index in [0.29, 0.717) is 5.69 Å². The lowest BCUT2D eigenvalue weighted by Gasteiger charge is -2.04. The minimum Gasteiger partial charge on any atom is -0.399 e. The van der Waals surface area contributed by atoms with Crippen molar-refractivity contribution < 1.29 is 4.79 Å². The van der Waals surface area contributed by atoms with Gasteiger partial charge in [-0.3, -0.25) is 4.79 Å². The van der Waals surface area contributed by atoms with Gasteiger partial charge in [-0.15, -0.1) is 0 Å². The highest BCUT2D eigenvalue weighted by atomic mass is 32.2. The van der Waals surface area contributed by atoms with E-state index in [1.54, 1.807) is 12.3 Å². The molecule has 2 rings (SSSR count). The summed E-state index contributed by atoms with van der Waals surface area (Å²) in [6.45, 7) is 1.49. The van der Waals surface area contributed by atoms with Crippen LogP contribution in [-0.2, 0) is 4.79 Å². The number of hydrogen-bond acceptors (Lipinski definition) is 4. The van der Waals surface area contributed by atoms with Gasteiger partial charge in [0.15, 0.2) is 0 Å². The second kappa shape index (κ2) is 5.55. The zero-order valence-electron chi connectivity index (χ0n) is 9.88. The second-order valence-corrected chi connectivity index (χ2v) is 4.83. The number of carbonyl (C=O) groups excluding carboxylic acids is 1. The predicted octanol–water partition coefficient (Wildman–Crippen LogP) is 2.77. The van der Waals surface area contributed by atoms with E-state index in [-0.39, 0.29) is 5.91 Å². The fourth-order valence-corrected chi connectivity index (χ4v) is 2.23. The highest BCUT2D eigenvalue weighted by molar-refractivity contribution is 7.99. The summed E-state index contributed by atoms with van der Waals surface area (Å²) in [4.78, 5) is 16.1. The van der Waals surface area contributed by atoms with Crippen LogP contribution in [0.5, 0.6) is 0 Å². The number of carbonyl (C=O) groups is 1. The smallest absolute Gasteiger partial charge is 0.221 e. The molecule has 3 N–H and O–H groups in total. The highest BCUT2D eigenvalue weighted by Crippen LogP contribution is 2.27. The Morgan fingerprint density at radius 1 is 1.28 bits per heavy atom. The molecule has 2 aromatic rings. The van der Waals surface area contributed by atoms with E-state index in [1.165, 1.54) is 18.7 Å². The molecule has 1 aromatic heterocycles. The van der Waals surface area contributed by atoms with Crippen LogP contribution in [0.2, 0.25) is 0 Å². The fraction of sp³-hybridized carbons (Fsp3) is 0.0769. The van der Waals surface area contributed by atoms with Gasteiger partial charge < -0.3 is 11.1 Å². The molecule has 0 radical (unpaired) electrons. The van der Waals surface area contributed by atoms with Crippen LogP contribution in [0.25, 0.3) is 0 Å². The first-order valence-electron chi connectivity index (χ1n) is 5.40. The van der Waals surface area contributed by atoms with Crippen molar-refractivity contribution in [2.75, 3.05) is 11.1 Å². The third kappa shape index (κ3) is 3.49. The molecule has 1 heterocycles. The van der Waals surface area contributed by atoms with Crippen LogP contribution in [0.1, 0.15) is 6.92 Å². The predicted molar refractivity (Wildman–Crippen MR) is 73.5 cm³/mol. The van der Waals surface area contributed by atoms with Gasteiger partial charge in [0.1, 0.15) is 5.03 Å². The Bertz CT molecular complexity index is 554. The Labute approximate surface area is 110 Å². The van der Waals surface area contributed by atoms with Crippen LogP contribution >= 0.6 is 11.8 Å². The van der Waals surface area contributed by atoms with Gasteiger partial charge in [-0.05, 0) is 36.4 Å². The lowest BCUT2D eigenvalue weighted by Crippen LogP contribution is -2.05. The monoisotopic (exact) mass is 259 g/mol. The average molecular weight is 259 g/mol. The quantitative estimate of drug-likeness (QED) is 0.889. The molecule has 4 nitrogen and oxygen atoms in total. The number of nitrogens with one attached hydrogen (secondary N) is 1. The van der Waals surface area contributed by atoms with Crippen molar-refractivity contribution >= 4 is 29.0 Å². The Morgan fingerprint density at radius 2 is 2.00 bits per heavy atom. The summed E-state index contributed by atoms with van der Waals surface area (Å²) in [5.74, 6) is -0.0760. The number of nitrogens with zero attached hydrogens (tertiary/aromatic N) is 1. The minimum atomic E-state index is -0.0760. The molecule has 0 saturated carbocycles. The summed E-state index contributed by atoms with van der Waals surface area (Å²) in [5, 5.41) is 3.57. The molecule has 92 valence electrons. The number of nitrogens with two attached hydrogens (primary N) is 1. The van der Waals surface area contributed by atoms with E-state index in [4.69, 9.17) is 5.73 Å². The Kier molecular flexibility index (Phi) is 3.84. The van der Waals surface area contributed by atoms with Gasteiger partial charge in [-0.2, -0.15) is 0 Å². The van der Waals surface area contributed by atoms with E-state index in [9.17, 15) is 4.79 Å². The zero-order chi connectivity index (χ0) is 13.0. The molecule has 0 saturated heterocycles. The number of benzene rings is 1. The summed E-state index contributed by atoms with van der Waals surface area (Å²) in [6, 6.07) is 11.2. The van der Waals surface area contributed by atoms with E-state index in [0.717, 1.165) is 15.6 Å². The molecular weight excluding hydrogens is 246 g/mol. The van der Waals surface area contributed by atoms with Gasteiger partial charge in [-0.1, -0.05) is 11.8 Å². The van der Waals surface area contributed by atoms with Crippen molar-refractivity contribution in [2.45, 2.75) is 16.8 Å². The lowest BCUT2D eigenvalue weighted by molar-refractivity contribution is -0.114. The Morgan fingerprint density at radius 3 is 2.61 bits per heavy atom. The van der Waals surface area contributed by atoms with Crippen molar-refractivity contribution in [3.63, 3.8) is 0 Å². The summed E-state index contributed by atoms with van der Waals surface area (Å²) in [6.07, 6.45) is 1.68. The molecule has 0 spiro atoms. The van der Waals surface area contributed by atoms with Crippen LogP contribution in [0.15, 0.2) is 52.5 Å². The first kappa shape index (κ1) is 12.4. The molecule has 0 aliphatic heterocycles. The Balaban J connectivity index is 2.08. The first-order chi connectivity index (χ1) is 8.63. The molecule has 18 heavy (non-hydrogen) atoms. The van der Waals surface area contributed by atoms with Gasteiger partial charge in [0, 0.05) is 29.4 Å². The molecule has 0 unspecified atom stereocenters. The SMILES string of the molecule is CC(=O)Nc1ccc(Sc2cc(N)ccn2)cc1. The Hall–Kier alpha value is -2.01. The number of aromatic nitrogens is 1. The number of nitrogen functional groups attached to an aromatic ring is 1. The maximum atomic E-state index is 10.9.